The summed E-state index contributed by atoms with van der Waals surface area (Å²) in [6, 6.07) is 0. The van der Waals surface area contributed by atoms with Crippen LogP contribution in [0.1, 0.15) is 155 Å². The molecule has 0 saturated carbocycles. The topological polar surface area (TPSA) is 231 Å². The van der Waals surface area contributed by atoms with Crippen LogP contribution in [0.3, 0.4) is 0 Å². The molecular weight excluding hydrogens is 877 g/mol. The third kappa shape index (κ3) is 27.4. The van der Waals surface area contributed by atoms with E-state index in [1.54, 1.807) is 0 Å². The van der Waals surface area contributed by atoms with E-state index >= 15 is 0 Å². The molecular formula is C53H88O15. The fraction of sp³-hybridized carbons (Fsp3) is 0.736. The smallest absolute Gasteiger partial charge is 0.306 e. The maximum Gasteiger partial charge on any atom is 0.306 e. The normalized spacial score (nSPS) is 26.4. The molecule has 2 saturated heterocycles. The lowest BCUT2D eigenvalue weighted by Gasteiger charge is -2.42. The van der Waals surface area contributed by atoms with Crippen molar-refractivity contribution in [3.8, 4) is 0 Å². The number of carbonyl (C=O) groups excluding carboxylic acids is 2. The van der Waals surface area contributed by atoms with Crippen molar-refractivity contribution >= 4 is 11.9 Å². The largest absolute Gasteiger partial charge is 0.462 e. The van der Waals surface area contributed by atoms with Crippen molar-refractivity contribution in [2.45, 2.75) is 223 Å². The molecule has 0 amide bonds. The molecule has 2 rings (SSSR count). The van der Waals surface area contributed by atoms with E-state index in [0.29, 0.717) is 19.3 Å². The molecule has 11 atom stereocenters. The number of carbonyl (C=O) groups is 2. The van der Waals surface area contributed by atoms with Crippen LogP contribution in [-0.4, -0.2) is 142 Å². The zero-order chi connectivity index (χ0) is 49.6. The molecule has 0 radical (unpaired) electrons. The van der Waals surface area contributed by atoms with Gasteiger partial charge in [-0.15, -0.1) is 0 Å². The van der Waals surface area contributed by atoms with Gasteiger partial charge in [0.05, 0.1) is 19.8 Å². The van der Waals surface area contributed by atoms with Gasteiger partial charge in [0.1, 0.15) is 55.4 Å². The first-order valence-corrected chi connectivity index (χ1v) is 25.5. The van der Waals surface area contributed by atoms with Gasteiger partial charge in [-0.05, 0) is 64.2 Å². The van der Waals surface area contributed by atoms with Gasteiger partial charge < -0.3 is 64.2 Å². The van der Waals surface area contributed by atoms with Crippen LogP contribution in [0.4, 0.5) is 0 Å². The highest BCUT2D eigenvalue weighted by atomic mass is 16.7. The number of unbranched alkanes of at least 4 members (excludes halogenated alkanes) is 12. The summed E-state index contributed by atoms with van der Waals surface area (Å²) < 4.78 is 33.4. The number of aliphatic hydroxyl groups is 7. The first-order chi connectivity index (χ1) is 33.0. The lowest BCUT2D eigenvalue weighted by Crippen LogP contribution is -2.61. The van der Waals surface area contributed by atoms with E-state index in [1.165, 1.54) is 64.2 Å². The van der Waals surface area contributed by atoms with E-state index < -0.39 is 99.3 Å². The molecule has 2 aliphatic rings. The van der Waals surface area contributed by atoms with Crippen LogP contribution in [0.2, 0.25) is 0 Å². The van der Waals surface area contributed by atoms with Gasteiger partial charge in [-0.3, -0.25) is 9.59 Å². The molecule has 0 aromatic rings. The number of aliphatic hydroxyl groups excluding tert-OH is 7. The molecule has 15 nitrogen and oxygen atoms in total. The summed E-state index contributed by atoms with van der Waals surface area (Å²) in [4.78, 5) is 25.7. The van der Waals surface area contributed by atoms with E-state index in [1.807, 2.05) is 18.2 Å². The molecule has 390 valence electrons. The number of esters is 2. The molecule has 4 unspecified atom stereocenters. The molecule has 7 N–H and O–H groups in total. The van der Waals surface area contributed by atoms with Crippen LogP contribution >= 0.6 is 0 Å². The number of hydrogen-bond donors (Lipinski definition) is 7. The quantitative estimate of drug-likeness (QED) is 0.0187. The van der Waals surface area contributed by atoms with Gasteiger partial charge in [0.15, 0.2) is 18.7 Å². The van der Waals surface area contributed by atoms with Gasteiger partial charge in [0.25, 0.3) is 0 Å². The Morgan fingerprint density at radius 1 is 0.485 bits per heavy atom. The molecule has 15 heteroatoms. The molecule has 0 aromatic carbocycles. The van der Waals surface area contributed by atoms with Crippen LogP contribution in [0.25, 0.3) is 0 Å². The molecule has 2 fully saturated rings. The van der Waals surface area contributed by atoms with Crippen molar-refractivity contribution in [3.05, 3.63) is 72.9 Å². The van der Waals surface area contributed by atoms with E-state index in [9.17, 15) is 45.3 Å². The Kier molecular flexibility index (Phi) is 35.6. The van der Waals surface area contributed by atoms with Crippen molar-refractivity contribution in [3.63, 3.8) is 0 Å². The second-order valence-corrected chi connectivity index (χ2v) is 17.6. The Morgan fingerprint density at radius 3 is 1.53 bits per heavy atom. The molecule has 2 aliphatic heterocycles. The van der Waals surface area contributed by atoms with Crippen LogP contribution in [0, 0.1) is 0 Å². The van der Waals surface area contributed by atoms with E-state index in [-0.39, 0.29) is 19.4 Å². The monoisotopic (exact) mass is 965 g/mol. The predicted molar refractivity (Wildman–Crippen MR) is 261 cm³/mol. The fourth-order valence-electron chi connectivity index (χ4n) is 7.50. The lowest BCUT2D eigenvalue weighted by atomic mass is 9.98. The second kappa shape index (κ2) is 39.6. The Morgan fingerprint density at radius 2 is 0.956 bits per heavy atom. The number of ether oxygens (including phenoxy) is 6. The summed E-state index contributed by atoms with van der Waals surface area (Å²) in [6.07, 6.45) is 29.5. The summed E-state index contributed by atoms with van der Waals surface area (Å²) >= 11 is 0. The highest BCUT2D eigenvalue weighted by molar-refractivity contribution is 5.70. The maximum atomic E-state index is 13.0. The van der Waals surface area contributed by atoms with Crippen LogP contribution in [-0.2, 0) is 38.0 Å². The Hall–Kier alpha value is -3.06. The predicted octanol–water partition coefficient (Wildman–Crippen LogP) is 7.04. The highest BCUT2D eigenvalue weighted by Gasteiger charge is 2.47. The van der Waals surface area contributed by atoms with E-state index in [0.717, 1.165) is 44.9 Å². The zero-order valence-electron chi connectivity index (χ0n) is 41.1. The highest BCUT2D eigenvalue weighted by Crippen LogP contribution is 2.26. The van der Waals surface area contributed by atoms with Gasteiger partial charge >= 0.3 is 11.9 Å². The molecule has 0 bridgehead atoms. The molecule has 0 aromatic heterocycles. The Bertz CT molecular complexity index is 1460. The van der Waals surface area contributed by atoms with Gasteiger partial charge in [-0.2, -0.15) is 0 Å². The summed E-state index contributed by atoms with van der Waals surface area (Å²) in [5.41, 5.74) is 0. The first-order valence-electron chi connectivity index (χ1n) is 25.5. The second-order valence-electron chi connectivity index (χ2n) is 17.6. The third-order valence-electron chi connectivity index (χ3n) is 11.7. The van der Waals surface area contributed by atoms with Gasteiger partial charge in [0, 0.05) is 12.8 Å². The zero-order valence-corrected chi connectivity index (χ0v) is 41.1. The lowest BCUT2D eigenvalue weighted by molar-refractivity contribution is -0.332. The number of hydrogen-bond acceptors (Lipinski definition) is 15. The summed E-state index contributed by atoms with van der Waals surface area (Å²) in [5.74, 6) is -1.06. The van der Waals surface area contributed by atoms with Gasteiger partial charge in [-0.1, -0.05) is 151 Å². The van der Waals surface area contributed by atoms with Gasteiger partial charge in [-0.25, -0.2) is 0 Å². The van der Waals surface area contributed by atoms with E-state index in [2.05, 4.69) is 68.5 Å². The average molecular weight is 965 g/mol. The summed E-state index contributed by atoms with van der Waals surface area (Å²) in [5, 5.41) is 72.0. The number of rotatable bonds is 38. The Labute approximate surface area is 406 Å². The summed E-state index contributed by atoms with van der Waals surface area (Å²) in [7, 11) is 0. The van der Waals surface area contributed by atoms with Crippen LogP contribution in [0.5, 0.6) is 0 Å². The van der Waals surface area contributed by atoms with Crippen LogP contribution < -0.4 is 0 Å². The SMILES string of the molecule is CC/C=C/C/C=C/C/C=C/C/C=C/C/C=C/CCCC(=O)OC[C@@H](CO[C@@H]1O[C@H](CO[C@@H]2O[C@H](CO)[C@H](O)C(O)C2O)[C@H](O)C(O)C1O)OC(=O)CC/C=C/CCCCCCCCCCCCC. The molecule has 68 heavy (non-hydrogen) atoms. The van der Waals surface area contributed by atoms with Crippen molar-refractivity contribution in [1.82, 2.24) is 0 Å². The molecule has 0 aliphatic carbocycles. The maximum absolute atomic E-state index is 13.0. The first kappa shape index (κ1) is 61.1. The minimum Gasteiger partial charge on any atom is -0.462 e. The van der Waals surface area contributed by atoms with Crippen molar-refractivity contribution in [2.75, 3.05) is 26.4 Å². The molecule has 0 spiro atoms. The minimum absolute atomic E-state index is 0.0667. The summed E-state index contributed by atoms with van der Waals surface area (Å²) in [6.45, 7) is 2.36. The van der Waals surface area contributed by atoms with Crippen molar-refractivity contribution in [1.29, 1.82) is 0 Å². The van der Waals surface area contributed by atoms with Gasteiger partial charge in [0.2, 0.25) is 0 Å². The van der Waals surface area contributed by atoms with Crippen molar-refractivity contribution < 1.29 is 73.8 Å². The Balaban J connectivity index is 1.85. The van der Waals surface area contributed by atoms with Crippen LogP contribution in [0.15, 0.2) is 72.9 Å². The molecule has 2 heterocycles. The average Bonchev–Trinajstić information content (AvgIpc) is 3.33. The van der Waals surface area contributed by atoms with Crippen molar-refractivity contribution in [2.24, 2.45) is 0 Å². The minimum atomic E-state index is -1.78. The third-order valence-corrected chi connectivity index (χ3v) is 11.7. The standard InChI is InChI=1S/C53H88O15/c1-3-5-7-9-11-13-15-17-19-20-22-23-25-27-29-31-33-35-44(55)63-38-41(66-45(56)36-34-32-30-28-26-24-21-18-16-14-12-10-8-6-4-2)39-64-52-51(62)49(60)47(58)43(68-52)40-65-53-50(61)48(59)46(57)42(37-54)67-53/h5,7,11,13,17,19,22-23,27,29-30,32,41-43,46-54,57-62H,3-4,6,8-10,12,14-16,18,20-21,24-26,28,31,33-40H2,1-2H3/b7-5+,13-11+,19-17+,23-22+,29-27+,32-30+/t41-,42+,43+,46-,47-,48?,49?,50?,51?,52+,53+/m0/s1. The van der Waals surface area contributed by atoms with E-state index in [4.69, 9.17) is 28.4 Å². The number of allylic oxidation sites excluding steroid dienone is 12. The fourth-order valence-corrected chi connectivity index (χ4v) is 7.50.